The van der Waals surface area contributed by atoms with E-state index in [0.29, 0.717) is 12.8 Å². The Kier molecular flexibility index (Phi) is 39.7. The molecule has 1 amide bonds. The SMILES string of the molecule is CCCCC/C=C\CCCCCCCC(=O)NC(COP(=O)(O)OCC(O)COC(=O)CCCCCCCCCCCCCCCCCCCCCCC)C(=O)O. The van der Waals surface area contributed by atoms with Crippen molar-refractivity contribution in [2.45, 2.75) is 238 Å². The number of phosphoric acid groups is 1. The number of aliphatic carboxylic acids is 1. The van der Waals surface area contributed by atoms with E-state index in [9.17, 15) is 34.1 Å². The molecule has 0 heterocycles. The van der Waals surface area contributed by atoms with Crippen LogP contribution in [-0.4, -0.2) is 64.9 Å². The Bertz CT molecular complexity index is 1030. The minimum Gasteiger partial charge on any atom is -0.480 e. The summed E-state index contributed by atoms with van der Waals surface area (Å²) in [6.07, 6.45) is 41.0. The summed E-state index contributed by atoms with van der Waals surface area (Å²) in [5.41, 5.74) is 0. The van der Waals surface area contributed by atoms with E-state index in [1.54, 1.807) is 0 Å². The summed E-state index contributed by atoms with van der Waals surface area (Å²) in [5, 5.41) is 21.8. The molecule has 0 aromatic heterocycles. The third-order valence-electron chi connectivity index (χ3n) is 10.3. The zero-order valence-corrected chi connectivity index (χ0v) is 37.3. The first kappa shape index (κ1) is 55.2. The molecular weight excluding hydrogens is 745 g/mol. The molecule has 0 fully saturated rings. The predicted octanol–water partition coefficient (Wildman–Crippen LogP) is 12.1. The van der Waals surface area contributed by atoms with Crippen LogP contribution >= 0.6 is 7.82 Å². The van der Waals surface area contributed by atoms with E-state index in [1.807, 2.05) is 0 Å². The summed E-state index contributed by atoms with van der Waals surface area (Å²) in [7, 11) is -4.75. The molecule has 3 unspecified atom stereocenters. The van der Waals surface area contributed by atoms with E-state index in [1.165, 1.54) is 128 Å². The smallest absolute Gasteiger partial charge is 0.472 e. The average Bonchev–Trinajstić information content (AvgIpc) is 3.18. The number of carbonyl (C=O) groups is 3. The number of nitrogens with one attached hydrogen (secondary N) is 1. The number of hydrogen-bond acceptors (Lipinski definition) is 8. The number of aliphatic hydroxyl groups excluding tert-OH is 1. The van der Waals surface area contributed by atoms with Gasteiger partial charge in [-0.2, -0.15) is 0 Å². The maximum atomic E-state index is 12.3. The van der Waals surface area contributed by atoms with Crippen LogP contribution in [0, 0.1) is 0 Å². The number of ether oxygens (including phenoxy) is 1. The lowest BCUT2D eigenvalue weighted by molar-refractivity contribution is -0.147. The molecule has 0 bridgehead atoms. The number of esters is 1. The van der Waals surface area contributed by atoms with Crippen LogP contribution in [0.3, 0.4) is 0 Å². The number of hydrogen-bond donors (Lipinski definition) is 4. The fourth-order valence-corrected chi connectivity index (χ4v) is 7.44. The van der Waals surface area contributed by atoms with Gasteiger partial charge >= 0.3 is 19.8 Å². The second kappa shape index (κ2) is 41.0. The Labute approximate surface area is 347 Å². The van der Waals surface area contributed by atoms with Crippen LogP contribution < -0.4 is 5.32 Å². The number of carbonyl (C=O) groups excluding carboxylic acids is 2. The van der Waals surface area contributed by atoms with Gasteiger partial charge in [0, 0.05) is 12.8 Å². The van der Waals surface area contributed by atoms with Crippen LogP contribution in [0.15, 0.2) is 12.2 Å². The number of phosphoric ester groups is 1. The summed E-state index contributed by atoms with van der Waals surface area (Å²) in [4.78, 5) is 45.9. The van der Waals surface area contributed by atoms with Gasteiger partial charge in [-0.25, -0.2) is 9.36 Å². The van der Waals surface area contributed by atoms with E-state index in [4.69, 9.17) is 13.8 Å². The molecule has 0 aliphatic carbocycles. The van der Waals surface area contributed by atoms with E-state index >= 15 is 0 Å². The van der Waals surface area contributed by atoms with E-state index < -0.39 is 57.6 Å². The zero-order chi connectivity index (χ0) is 42.1. The third-order valence-corrected chi connectivity index (χ3v) is 11.3. The number of allylic oxidation sites excluding steroid dienone is 2. The summed E-state index contributed by atoms with van der Waals surface area (Å²) < 4.78 is 26.8. The van der Waals surface area contributed by atoms with Crippen molar-refractivity contribution in [1.82, 2.24) is 5.32 Å². The molecule has 12 heteroatoms. The topological polar surface area (TPSA) is 169 Å². The van der Waals surface area contributed by atoms with Crippen molar-refractivity contribution in [1.29, 1.82) is 0 Å². The monoisotopic (exact) mass is 832 g/mol. The van der Waals surface area contributed by atoms with Crippen LogP contribution in [0.2, 0.25) is 0 Å². The Balaban J connectivity index is 3.80. The van der Waals surface area contributed by atoms with Gasteiger partial charge in [0.2, 0.25) is 5.91 Å². The average molecular weight is 832 g/mol. The second-order valence-corrected chi connectivity index (χ2v) is 17.4. The molecule has 57 heavy (non-hydrogen) atoms. The molecule has 0 rings (SSSR count). The summed E-state index contributed by atoms with van der Waals surface area (Å²) in [5.74, 6) is -2.37. The molecule has 0 aliphatic heterocycles. The highest BCUT2D eigenvalue weighted by atomic mass is 31.2. The van der Waals surface area contributed by atoms with Gasteiger partial charge in [-0.05, 0) is 38.5 Å². The Morgan fingerprint density at radius 1 is 0.544 bits per heavy atom. The van der Waals surface area contributed by atoms with Gasteiger partial charge in [0.05, 0.1) is 13.2 Å². The molecule has 0 spiro atoms. The Morgan fingerprint density at radius 3 is 1.37 bits per heavy atom. The van der Waals surface area contributed by atoms with Crippen LogP contribution in [0.1, 0.15) is 226 Å². The standard InChI is InChI=1S/C45H86NO10P/c1-3-5-7-9-11-13-15-17-18-19-20-21-22-23-24-25-27-29-31-33-35-37-44(49)54-38-41(47)39-55-57(52,53)56-40-42(45(50)51)46-43(48)36-34-32-30-28-26-16-14-12-10-8-6-4-2/h12,14,41-42,47H,3-11,13,15-40H2,1-2H3,(H,46,48)(H,50,51)(H,52,53)/b14-12-. The van der Waals surface area contributed by atoms with E-state index in [-0.39, 0.29) is 12.8 Å². The van der Waals surface area contributed by atoms with Gasteiger partial charge in [-0.3, -0.25) is 18.6 Å². The highest BCUT2D eigenvalue weighted by Gasteiger charge is 2.28. The van der Waals surface area contributed by atoms with Crippen molar-refractivity contribution < 1.29 is 47.8 Å². The minimum absolute atomic E-state index is 0.138. The van der Waals surface area contributed by atoms with Crippen LogP contribution in [0.4, 0.5) is 0 Å². The third kappa shape index (κ3) is 40.8. The fourth-order valence-electron chi connectivity index (χ4n) is 6.66. The molecule has 0 aliphatic rings. The van der Waals surface area contributed by atoms with Crippen molar-refractivity contribution in [3.63, 3.8) is 0 Å². The number of aliphatic hydroxyl groups is 1. The van der Waals surface area contributed by atoms with Crippen LogP contribution in [0.25, 0.3) is 0 Å². The van der Waals surface area contributed by atoms with Crippen molar-refractivity contribution in [3.8, 4) is 0 Å². The predicted molar refractivity (Wildman–Crippen MR) is 231 cm³/mol. The highest BCUT2D eigenvalue weighted by molar-refractivity contribution is 7.47. The number of rotatable bonds is 44. The van der Waals surface area contributed by atoms with Gasteiger partial charge in [-0.15, -0.1) is 0 Å². The van der Waals surface area contributed by atoms with Gasteiger partial charge in [-0.1, -0.05) is 187 Å². The molecule has 0 aromatic carbocycles. The quantitative estimate of drug-likeness (QED) is 0.0201. The lowest BCUT2D eigenvalue weighted by atomic mass is 10.0. The first-order valence-electron chi connectivity index (χ1n) is 23.2. The van der Waals surface area contributed by atoms with Gasteiger partial charge in [0.25, 0.3) is 0 Å². The number of carboxylic acids is 1. The molecule has 4 N–H and O–H groups in total. The number of carboxylic acid groups (broad SMARTS) is 1. The van der Waals surface area contributed by atoms with Crippen molar-refractivity contribution in [2.24, 2.45) is 0 Å². The van der Waals surface area contributed by atoms with Crippen LogP contribution in [0.5, 0.6) is 0 Å². The zero-order valence-electron chi connectivity index (χ0n) is 36.4. The summed E-state index contributed by atoms with van der Waals surface area (Å²) in [6.45, 7) is 2.58. The van der Waals surface area contributed by atoms with E-state index in [0.717, 1.165) is 57.8 Å². The first-order chi connectivity index (χ1) is 27.6. The van der Waals surface area contributed by atoms with Crippen molar-refractivity contribution in [2.75, 3.05) is 19.8 Å². The maximum absolute atomic E-state index is 12.3. The second-order valence-electron chi connectivity index (χ2n) is 15.9. The number of amides is 1. The summed E-state index contributed by atoms with van der Waals surface area (Å²) in [6, 6.07) is -1.55. The van der Waals surface area contributed by atoms with Crippen LogP contribution in [-0.2, 0) is 32.7 Å². The molecule has 3 atom stereocenters. The van der Waals surface area contributed by atoms with Crippen molar-refractivity contribution in [3.05, 3.63) is 12.2 Å². The van der Waals surface area contributed by atoms with Crippen molar-refractivity contribution >= 4 is 25.7 Å². The molecule has 0 radical (unpaired) electrons. The normalized spacial score (nSPS) is 13.8. The molecule has 11 nitrogen and oxygen atoms in total. The van der Waals surface area contributed by atoms with E-state index in [2.05, 4.69) is 31.3 Å². The fraction of sp³-hybridized carbons (Fsp3) is 0.889. The molecule has 0 saturated carbocycles. The van der Waals surface area contributed by atoms with Gasteiger partial charge in [0.15, 0.2) is 6.04 Å². The molecule has 0 saturated heterocycles. The number of unbranched alkanes of at least 4 members (excludes halogenated alkanes) is 28. The lowest BCUT2D eigenvalue weighted by Gasteiger charge is -2.18. The Morgan fingerprint density at radius 2 is 0.912 bits per heavy atom. The molecular formula is C45H86NO10P. The minimum atomic E-state index is -4.75. The molecule has 0 aromatic rings. The Hall–Kier alpha value is -1.78. The highest BCUT2D eigenvalue weighted by Crippen LogP contribution is 2.43. The molecule has 336 valence electrons. The first-order valence-corrected chi connectivity index (χ1v) is 24.7. The van der Waals surface area contributed by atoms with Gasteiger partial charge in [0.1, 0.15) is 12.7 Å². The summed E-state index contributed by atoms with van der Waals surface area (Å²) >= 11 is 0. The lowest BCUT2D eigenvalue weighted by Crippen LogP contribution is -2.43. The largest absolute Gasteiger partial charge is 0.480 e. The maximum Gasteiger partial charge on any atom is 0.472 e. The van der Waals surface area contributed by atoms with Gasteiger partial charge < -0.3 is 25.2 Å².